The number of aromatic nitrogens is 24. The molecule has 576 valence electrons. The van der Waals surface area contributed by atoms with Crippen LogP contribution in [-0.2, 0) is 13.1 Å². The van der Waals surface area contributed by atoms with Crippen LogP contribution in [0.4, 0.5) is 34.9 Å². The Balaban J connectivity index is 0.000000139. The van der Waals surface area contributed by atoms with Crippen molar-refractivity contribution >= 4 is 102 Å². The summed E-state index contributed by atoms with van der Waals surface area (Å²) in [6, 6.07) is 1.06. The molecule has 0 aliphatic heterocycles. The van der Waals surface area contributed by atoms with Gasteiger partial charge in [0.25, 0.3) is 0 Å². The molecule has 30 heteroatoms. The summed E-state index contributed by atoms with van der Waals surface area (Å²) in [7, 11) is 0. The molecule has 0 unspecified atom stereocenters. The lowest BCUT2D eigenvalue weighted by atomic mass is 9.88. The van der Waals surface area contributed by atoms with Gasteiger partial charge < -0.3 is 61.8 Å². The summed E-state index contributed by atoms with van der Waals surface area (Å²) in [5.41, 5.74) is 44.9. The van der Waals surface area contributed by atoms with Crippen LogP contribution in [0.2, 0.25) is 0 Å². The van der Waals surface area contributed by atoms with Gasteiger partial charge in [0.15, 0.2) is 68.8 Å². The first-order chi connectivity index (χ1) is 50.8. The second-order valence-corrected chi connectivity index (χ2v) is 35.6. The van der Waals surface area contributed by atoms with Gasteiger partial charge >= 0.3 is 0 Å². The molecule has 109 heavy (non-hydrogen) atoms. The van der Waals surface area contributed by atoms with E-state index in [0.29, 0.717) is 116 Å². The normalized spacial score (nSPS) is 15.2. The van der Waals surface area contributed by atoms with Crippen LogP contribution >= 0.6 is 0 Å². The summed E-state index contributed by atoms with van der Waals surface area (Å²) in [6.07, 6.45) is 33.7. The first-order valence-corrected chi connectivity index (χ1v) is 37.1. The quantitative estimate of drug-likeness (QED) is 0.0731. The molecular weight excluding hydrogens is 1370 g/mol. The van der Waals surface area contributed by atoms with Crippen LogP contribution in [0.15, 0.2) is 38.0 Å². The molecule has 4 atom stereocenters. The van der Waals surface area contributed by atoms with E-state index in [9.17, 15) is 0 Å². The molecule has 0 amide bonds. The van der Waals surface area contributed by atoms with Crippen molar-refractivity contribution in [2.75, 3.05) is 34.4 Å². The monoisotopic (exact) mass is 1480 g/mol. The molecule has 3 saturated carbocycles. The predicted octanol–water partition coefficient (Wildman–Crippen LogP) is 13.5. The minimum Gasteiger partial charge on any atom is -0.382 e. The molecule has 12 aromatic rings. The van der Waals surface area contributed by atoms with Crippen molar-refractivity contribution in [3.8, 4) is 37.0 Å². The van der Waals surface area contributed by atoms with E-state index in [-0.39, 0.29) is 44.6 Å². The number of nitrogens with two attached hydrogens (primary N) is 6. The molecule has 3 fully saturated rings. The number of rotatable bonds is 9. The minimum atomic E-state index is 0.0870. The third-order valence-electron chi connectivity index (χ3n) is 20.0. The Morgan fingerprint density at radius 2 is 0.514 bits per heavy atom. The fraction of sp³-hybridized carbons (Fsp3) is 0.544. The first kappa shape index (κ1) is 80.3. The van der Waals surface area contributed by atoms with Gasteiger partial charge in [0, 0.05) is 55.0 Å². The van der Waals surface area contributed by atoms with Crippen LogP contribution in [0.25, 0.3) is 67.0 Å². The highest BCUT2D eigenvalue weighted by Crippen LogP contribution is 2.43. The standard InChI is InChI=1S/2C14H21N5.C13H19N5.2C13H17N5.C12H15N5/c2*1-8(14(2,3)4)19-7-16-10-11(15)17-12(9-5-6-9)18-13(10)19;1-13(2,3)6-18-7-15-9-10(14)16-11(8-4-5-8)17-12(9)18;2*1-6-9-16-11(14)10-12(17-9)18(7-15-10)8(2)13(3,4)5;1-5-8-15-10(13)9-11(16-8)17(7-14-9)6-12(2,3)4/h2*7-9H,5-6H2,1-4H3,(H2,15,17,18);7-8H,4-6H2,1-3H3,(H2,14,16,17);2*1,7-8H,2-5H3,(H2,14,16,17);1,7H,6H2,2-4H3,(H2,13,15,16)/t2*8-;;2*8-;/m10.10./s1. The van der Waals surface area contributed by atoms with E-state index in [0.717, 1.165) is 64.1 Å². The average Bonchev–Trinajstić information content (AvgIpc) is 1.67. The molecule has 0 aromatic carbocycles. The number of hydrogen-bond donors (Lipinski definition) is 6. The average molecular weight is 1480 g/mol. The van der Waals surface area contributed by atoms with Crippen LogP contribution in [0.3, 0.4) is 0 Å². The van der Waals surface area contributed by atoms with Gasteiger partial charge in [0.1, 0.15) is 50.6 Å². The van der Waals surface area contributed by atoms with Crippen molar-refractivity contribution < 1.29 is 0 Å². The number of fused-ring (bicyclic) bond motifs is 6. The summed E-state index contributed by atoms with van der Waals surface area (Å²) in [4.78, 5) is 78.0. The maximum atomic E-state index is 6.02. The number of hydrogen-bond acceptors (Lipinski definition) is 24. The highest BCUT2D eigenvalue weighted by molar-refractivity contribution is 5.85. The van der Waals surface area contributed by atoms with Crippen molar-refractivity contribution in [3.05, 3.63) is 72.9 Å². The maximum Gasteiger partial charge on any atom is 0.208 e. The van der Waals surface area contributed by atoms with Gasteiger partial charge in [0.2, 0.25) is 17.5 Å². The van der Waals surface area contributed by atoms with Gasteiger partial charge in [-0.3, -0.25) is 0 Å². The molecule has 12 aromatic heterocycles. The SMILES string of the molecule is C#Cc1nc(N)c2ncn(CC(C)(C)C)c2n1.C#Cc1nc(N)c2ncn([C@@H](C)C(C)(C)C)c2n1.C#Cc1nc(N)c2ncn([C@H](C)C(C)(C)C)c2n1.CC(C)(C)Cn1cnc2c(N)nc(C3CC3)nc21.C[C@@H](n1cnc2c(N)nc(C3CC3)nc21)C(C)(C)C.C[C@H](n1cnc2c(N)nc(C3CC3)nc21)C(C)(C)C. The summed E-state index contributed by atoms with van der Waals surface area (Å²) in [5, 5.41) is 0. The molecule has 12 N–H and O–H groups in total. The molecule has 0 saturated heterocycles. The summed E-state index contributed by atoms with van der Waals surface area (Å²) >= 11 is 0. The van der Waals surface area contributed by atoms with Gasteiger partial charge in [-0.2, -0.15) is 0 Å². The lowest BCUT2D eigenvalue weighted by Crippen LogP contribution is -2.21. The second-order valence-electron chi connectivity index (χ2n) is 35.6. The Labute approximate surface area is 638 Å². The summed E-state index contributed by atoms with van der Waals surface area (Å²) in [6.45, 7) is 49.6. The number of nitrogen functional groups attached to an aromatic ring is 6. The fourth-order valence-electron chi connectivity index (χ4n) is 11.6. The Morgan fingerprint density at radius 1 is 0.312 bits per heavy atom. The van der Waals surface area contributed by atoms with E-state index in [2.05, 4.69) is 264 Å². The minimum absolute atomic E-state index is 0.0870. The smallest absolute Gasteiger partial charge is 0.208 e. The molecule has 3 aliphatic rings. The van der Waals surface area contributed by atoms with Gasteiger partial charge in [-0.05, 0) is 116 Å². The summed E-state index contributed by atoms with van der Waals surface area (Å²) < 4.78 is 12.3. The van der Waals surface area contributed by atoms with Crippen LogP contribution in [0.5, 0.6) is 0 Å². The number of terminal acetylenes is 3. The molecule has 0 spiro atoms. The first-order valence-electron chi connectivity index (χ1n) is 37.1. The third kappa shape index (κ3) is 18.7. The highest BCUT2D eigenvalue weighted by Gasteiger charge is 2.34. The topological polar surface area (TPSA) is 418 Å². The predicted molar refractivity (Wildman–Crippen MR) is 434 cm³/mol. The molecule has 0 bridgehead atoms. The van der Waals surface area contributed by atoms with Gasteiger partial charge in [-0.15, -0.1) is 19.3 Å². The van der Waals surface area contributed by atoms with Crippen LogP contribution in [0.1, 0.15) is 268 Å². The van der Waals surface area contributed by atoms with Gasteiger partial charge in [-0.25, -0.2) is 89.7 Å². The van der Waals surface area contributed by atoms with E-state index in [4.69, 9.17) is 63.6 Å². The molecule has 15 rings (SSSR count). The van der Waals surface area contributed by atoms with Crippen molar-refractivity contribution in [1.29, 1.82) is 0 Å². The van der Waals surface area contributed by atoms with Gasteiger partial charge in [-0.1, -0.05) is 125 Å². The lowest BCUT2D eigenvalue weighted by molar-refractivity contribution is 0.266. The zero-order valence-electron chi connectivity index (χ0n) is 67.6. The molecule has 3 aliphatic carbocycles. The molecular formula is C79H110N30. The van der Waals surface area contributed by atoms with Crippen LogP contribution in [0, 0.1) is 69.5 Å². The van der Waals surface area contributed by atoms with E-state index >= 15 is 0 Å². The van der Waals surface area contributed by atoms with E-state index < -0.39 is 0 Å². The molecule has 30 nitrogen and oxygen atoms in total. The fourth-order valence-corrected chi connectivity index (χ4v) is 11.6. The van der Waals surface area contributed by atoms with E-state index in [1.54, 1.807) is 19.0 Å². The summed E-state index contributed by atoms with van der Waals surface area (Å²) in [5.74, 6) is 14.8. The molecule has 12 heterocycles. The van der Waals surface area contributed by atoms with Crippen molar-refractivity contribution in [1.82, 2.24) is 117 Å². The largest absolute Gasteiger partial charge is 0.382 e. The van der Waals surface area contributed by atoms with Crippen LogP contribution < -0.4 is 34.4 Å². The van der Waals surface area contributed by atoms with Crippen LogP contribution in [-0.4, -0.2) is 117 Å². The van der Waals surface area contributed by atoms with Crippen molar-refractivity contribution in [2.24, 2.45) is 32.5 Å². The molecule has 0 radical (unpaired) electrons. The lowest BCUT2D eigenvalue weighted by Gasteiger charge is -2.28. The Hall–Kier alpha value is -11.2. The number of anilines is 6. The number of imidazole rings is 6. The van der Waals surface area contributed by atoms with Gasteiger partial charge in [0.05, 0.1) is 38.0 Å². The van der Waals surface area contributed by atoms with Crippen molar-refractivity contribution in [2.45, 2.75) is 246 Å². The number of nitrogens with zero attached hydrogens (tertiary/aromatic N) is 24. The van der Waals surface area contributed by atoms with E-state index in [1.807, 2.05) is 32.7 Å². The van der Waals surface area contributed by atoms with Crippen molar-refractivity contribution in [3.63, 3.8) is 0 Å². The Morgan fingerprint density at radius 3 is 0.743 bits per heavy atom. The zero-order chi connectivity index (χ0) is 80.1. The Kier molecular flexibility index (Phi) is 22.4. The highest BCUT2D eigenvalue weighted by atomic mass is 15.2. The maximum absolute atomic E-state index is 6.02. The van der Waals surface area contributed by atoms with E-state index in [1.165, 1.54) is 38.5 Å². The third-order valence-corrected chi connectivity index (χ3v) is 20.0. The Bertz CT molecular complexity index is 5180. The zero-order valence-corrected chi connectivity index (χ0v) is 67.6. The second kappa shape index (κ2) is 30.4.